The van der Waals surface area contributed by atoms with Gasteiger partial charge in [-0.1, -0.05) is 0 Å². The Morgan fingerprint density at radius 1 is 1.67 bits per heavy atom. The van der Waals surface area contributed by atoms with Gasteiger partial charge in [0.25, 0.3) is 0 Å². The van der Waals surface area contributed by atoms with Gasteiger partial charge in [0.05, 0.1) is 5.69 Å². The Kier molecular flexibility index (Phi) is 2.11. The summed E-state index contributed by atoms with van der Waals surface area (Å²) in [7, 11) is 0. The summed E-state index contributed by atoms with van der Waals surface area (Å²) in [6.45, 7) is 1.34. The molecule has 1 atom stereocenters. The minimum absolute atomic E-state index is 0.413. The lowest BCUT2D eigenvalue weighted by Gasteiger charge is -2.28. The normalized spacial score (nSPS) is 30.4. The summed E-state index contributed by atoms with van der Waals surface area (Å²) < 4.78 is 18.1. The molecular weight excluding hydrogens is 175 g/mol. The molecule has 1 fully saturated rings. The zero-order chi connectivity index (χ0) is 8.44. The summed E-state index contributed by atoms with van der Waals surface area (Å²) in [5.41, 5.74) is -0.613. The molecule has 4 heteroatoms. The Morgan fingerprint density at radius 3 is 3.17 bits per heavy atom. The molecule has 1 N–H and O–H groups in total. The molecule has 1 aromatic rings. The van der Waals surface area contributed by atoms with E-state index in [1.807, 2.05) is 5.38 Å². The van der Waals surface area contributed by atoms with Gasteiger partial charge in [-0.2, -0.15) is 4.37 Å². The van der Waals surface area contributed by atoms with Crippen LogP contribution in [0.3, 0.4) is 0 Å². The summed E-state index contributed by atoms with van der Waals surface area (Å²) in [5.74, 6) is 0. The maximum atomic E-state index is 14.0. The SMILES string of the molecule is FC1(c2ccsn2)CCCNC1. The van der Waals surface area contributed by atoms with Crippen molar-refractivity contribution in [3.63, 3.8) is 0 Å². The minimum atomic E-state index is -1.21. The highest BCUT2D eigenvalue weighted by Crippen LogP contribution is 2.31. The number of hydrogen-bond donors (Lipinski definition) is 1. The van der Waals surface area contributed by atoms with Crippen molar-refractivity contribution >= 4 is 11.5 Å². The molecule has 0 radical (unpaired) electrons. The fourth-order valence-corrected chi connectivity index (χ4v) is 2.12. The van der Waals surface area contributed by atoms with Crippen LogP contribution in [0.15, 0.2) is 11.4 Å². The summed E-state index contributed by atoms with van der Waals surface area (Å²) in [5, 5.41) is 4.88. The van der Waals surface area contributed by atoms with Gasteiger partial charge in [-0.05, 0) is 37.0 Å². The number of nitrogens with zero attached hydrogens (tertiary/aromatic N) is 1. The average Bonchev–Trinajstić information content (AvgIpc) is 2.58. The lowest BCUT2D eigenvalue weighted by atomic mass is 9.93. The van der Waals surface area contributed by atoms with Crippen molar-refractivity contribution in [1.29, 1.82) is 0 Å². The quantitative estimate of drug-likeness (QED) is 0.722. The largest absolute Gasteiger partial charge is 0.313 e. The number of halogens is 1. The first kappa shape index (κ1) is 8.13. The van der Waals surface area contributed by atoms with E-state index in [-0.39, 0.29) is 0 Å². The summed E-state index contributed by atoms with van der Waals surface area (Å²) in [4.78, 5) is 0. The van der Waals surface area contributed by atoms with E-state index in [4.69, 9.17) is 0 Å². The molecule has 2 heterocycles. The third kappa shape index (κ3) is 1.36. The van der Waals surface area contributed by atoms with Crippen LogP contribution < -0.4 is 5.32 Å². The molecule has 0 aliphatic carbocycles. The number of nitrogens with one attached hydrogen (secondary N) is 1. The van der Waals surface area contributed by atoms with Gasteiger partial charge >= 0.3 is 0 Å². The molecule has 2 nitrogen and oxygen atoms in total. The Labute approximate surface area is 75.0 Å². The van der Waals surface area contributed by atoms with Gasteiger partial charge in [0.15, 0.2) is 5.67 Å². The number of alkyl halides is 1. The van der Waals surface area contributed by atoms with Gasteiger partial charge in [0.1, 0.15) is 0 Å². The second kappa shape index (κ2) is 3.11. The minimum Gasteiger partial charge on any atom is -0.313 e. The molecule has 2 rings (SSSR count). The molecule has 1 aliphatic rings. The highest BCUT2D eigenvalue weighted by molar-refractivity contribution is 7.03. The topological polar surface area (TPSA) is 24.9 Å². The molecule has 0 aromatic carbocycles. The van der Waals surface area contributed by atoms with Gasteiger partial charge in [-0.25, -0.2) is 4.39 Å². The fraction of sp³-hybridized carbons (Fsp3) is 0.625. The van der Waals surface area contributed by atoms with Crippen LogP contribution in [0.1, 0.15) is 18.5 Å². The van der Waals surface area contributed by atoms with E-state index in [0.717, 1.165) is 13.0 Å². The second-order valence-electron chi connectivity index (χ2n) is 3.13. The smallest absolute Gasteiger partial charge is 0.166 e. The Morgan fingerprint density at radius 2 is 2.58 bits per heavy atom. The van der Waals surface area contributed by atoms with Crippen molar-refractivity contribution in [2.45, 2.75) is 18.5 Å². The van der Waals surface area contributed by atoms with E-state index < -0.39 is 5.67 Å². The van der Waals surface area contributed by atoms with Crippen LogP contribution in [0.5, 0.6) is 0 Å². The third-order valence-corrected chi connectivity index (χ3v) is 2.79. The van der Waals surface area contributed by atoms with E-state index in [1.165, 1.54) is 11.5 Å². The van der Waals surface area contributed by atoms with Crippen LogP contribution in [0.2, 0.25) is 0 Å². The first-order valence-corrected chi connectivity index (χ1v) is 4.95. The van der Waals surface area contributed by atoms with E-state index in [1.54, 1.807) is 6.07 Å². The highest BCUT2D eigenvalue weighted by atomic mass is 32.1. The molecular formula is C8H11FN2S. The van der Waals surface area contributed by atoms with Crippen molar-refractivity contribution in [1.82, 2.24) is 9.69 Å². The Balaban J connectivity index is 2.19. The van der Waals surface area contributed by atoms with Crippen molar-refractivity contribution < 1.29 is 4.39 Å². The van der Waals surface area contributed by atoms with Crippen LogP contribution in [0.4, 0.5) is 4.39 Å². The standard InChI is InChI=1S/C8H11FN2S/c9-8(3-1-4-10-6-8)7-2-5-12-11-7/h2,5,10H,1,3-4,6H2. The van der Waals surface area contributed by atoms with E-state index >= 15 is 0 Å². The number of piperidine rings is 1. The molecule has 1 unspecified atom stereocenters. The van der Waals surface area contributed by atoms with Crippen LogP contribution in [-0.2, 0) is 5.67 Å². The van der Waals surface area contributed by atoms with E-state index in [0.29, 0.717) is 18.7 Å². The Bertz CT molecular complexity index is 242. The molecule has 1 aliphatic heterocycles. The Hall–Kier alpha value is -0.480. The first-order valence-electron chi connectivity index (χ1n) is 4.12. The number of rotatable bonds is 1. The fourth-order valence-electron chi connectivity index (χ4n) is 1.53. The monoisotopic (exact) mass is 186 g/mol. The van der Waals surface area contributed by atoms with E-state index in [2.05, 4.69) is 9.69 Å². The lowest BCUT2D eigenvalue weighted by Crippen LogP contribution is -2.40. The predicted molar refractivity (Wildman–Crippen MR) is 47.0 cm³/mol. The van der Waals surface area contributed by atoms with E-state index in [9.17, 15) is 4.39 Å². The number of aromatic nitrogens is 1. The molecule has 0 amide bonds. The summed E-state index contributed by atoms with van der Waals surface area (Å²) >= 11 is 1.31. The van der Waals surface area contributed by atoms with Crippen LogP contribution in [0.25, 0.3) is 0 Å². The van der Waals surface area contributed by atoms with Crippen molar-refractivity contribution in [2.24, 2.45) is 0 Å². The van der Waals surface area contributed by atoms with Gasteiger partial charge in [-0.3, -0.25) is 0 Å². The first-order chi connectivity index (χ1) is 5.81. The predicted octanol–water partition coefficient (Wildman–Crippen LogP) is 1.69. The van der Waals surface area contributed by atoms with Crippen LogP contribution in [0, 0.1) is 0 Å². The zero-order valence-corrected chi connectivity index (χ0v) is 7.53. The highest BCUT2D eigenvalue weighted by Gasteiger charge is 2.35. The van der Waals surface area contributed by atoms with Gasteiger partial charge in [-0.15, -0.1) is 0 Å². The number of hydrogen-bond acceptors (Lipinski definition) is 3. The third-order valence-electron chi connectivity index (χ3n) is 2.23. The molecule has 1 aromatic heterocycles. The van der Waals surface area contributed by atoms with Gasteiger partial charge in [0, 0.05) is 11.9 Å². The maximum absolute atomic E-state index is 14.0. The molecule has 1 saturated heterocycles. The van der Waals surface area contributed by atoms with Crippen molar-refractivity contribution in [2.75, 3.05) is 13.1 Å². The van der Waals surface area contributed by atoms with Crippen molar-refractivity contribution in [3.8, 4) is 0 Å². The second-order valence-corrected chi connectivity index (χ2v) is 3.80. The molecule has 12 heavy (non-hydrogen) atoms. The summed E-state index contributed by atoms with van der Waals surface area (Å²) in [6, 6.07) is 1.78. The maximum Gasteiger partial charge on any atom is 0.166 e. The van der Waals surface area contributed by atoms with Crippen LogP contribution in [-0.4, -0.2) is 17.5 Å². The summed E-state index contributed by atoms with van der Waals surface area (Å²) in [6.07, 6.45) is 1.50. The van der Waals surface area contributed by atoms with Crippen LogP contribution >= 0.6 is 11.5 Å². The van der Waals surface area contributed by atoms with Crippen molar-refractivity contribution in [3.05, 3.63) is 17.1 Å². The zero-order valence-electron chi connectivity index (χ0n) is 6.72. The van der Waals surface area contributed by atoms with Gasteiger partial charge < -0.3 is 5.32 Å². The average molecular weight is 186 g/mol. The molecule has 0 spiro atoms. The molecule has 66 valence electrons. The molecule has 0 saturated carbocycles. The molecule has 0 bridgehead atoms. The lowest BCUT2D eigenvalue weighted by molar-refractivity contribution is 0.118. The van der Waals surface area contributed by atoms with Gasteiger partial charge in [0.2, 0.25) is 0 Å².